The van der Waals surface area contributed by atoms with Gasteiger partial charge in [-0.05, 0) is 49.5 Å². The summed E-state index contributed by atoms with van der Waals surface area (Å²) in [5.74, 6) is -1.41. The van der Waals surface area contributed by atoms with Crippen LogP contribution in [0, 0.1) is 11.7 Å². The van der Waals surface area contributed by atoms with Gasteiger partial charge >= 0.3 is 6.18 Å². The van der Waals surface area contributed by atoms with E-state index >= 15 is 0 Å². The second-order valence-electron chi connectivity index (χ2n) is 6.67. The van der Waals surface area contributed by atoms with Gasteiger partial charge in [0.1, 0.15) is 5.82 Å². The number of halogens is 4. The van der Waals surface area contributed by atoms with Gasteiger partial charge in [0.15, 0.2) is 0 Å². The quantitative estimate of drug-likeness (QED) is 0.816. The number of rotatable bonds is 3. The molecule has 0 saturated carbocycles. The van der Waals surface area contributed by atoms with Crippen LogP contribution in [0.3, 0.4) is 0 Å². The number of hydrogen-bond donors (Lipinski definition) is 2. The van der Waals surface area contributed by atoms with E-state index in [1.54, 1.807) is 6.07 Å². The summed E-state index contributed by atoms with van der Waals surface area (Å²) in [6.45, 7) is 0.619. The number of piperidine rings is 1. The van der Waals surface area contributed by atoms with E-state index in [1.165, 1.54) is 11.0 Å². The third-order valence-electron chi connectivity index (χ3n) is 4.74. The van der Waals surface area contributed by atoms with Crippen LogP contribution in [-0.4, -0.2) is 43.2 Å². The molecule has 0 spiro atoms. The van der Waals surface area contributed by atoms with E-state index in [4.69, 9.17) is 0 Å². The Kier molecular flexibility index (Phi) is 5.29. The average molecular weight is 359 g/mol. The van der Waals surface area contributed by atoms with Gasteiger partial charge in [-0.25, -0.2) is 4.39 Å². The fraction of sp³-hybridized carbons (Fsp3) is 0.588. The first-order valence-corrected chi connectivity index (χ1v) is 8.44. The van der Waals surface area contributed by atoms with Crippen LogP contribution in [0.1, 0.15) is 24.0 Å². The van der Waals surface area contributed by atoms with Gasteiger partial charge in [0.25, 0.3) is 0 Å². The molecule has 1 amide bonds. The summed E-state index contributed by atoms with van der Waals surface area (Å²) in [5.41, 5.74) is 1.58. The summed E-state index contributed by atoms with van der Waals surface area (Å²) in [7, 11) is 0. The molecule has 1 saturated heterocycles. The molecule has 0 aliphatic carbocycles. The minimum atomic E-state index is -4.28. The van der Waals surface area contributed by atoms with Crippen LogP contribution in [-0.2, 0) is 17.8 Å². The first-order valence-electron chi connectivity index (χ1n) is 8.44. The van der Waals surface area contributed by atoms with Crippen LogP contribution in [0.15, 0.2) is 12.1 Å². The molecule has 0 aromatic heterocycles. The second-order valence-corrected chi connectivity index (χ2v) is 6.67. The fourth-order valence-electron chi connectivity index (χ4n) is 3.53. The normalized spacial score (nSPS) is 21.7. The summed E-state index contributed by atoms with van der Waals surface area (Å²) in [5, 5.41) is 5.72. The molecule has 2 aliphatic rings. The predicted molar refractivity (Wildman–Crippen MR) is 85.7 cm³/mol. The molecule has 1 unspecified atom stereocenters. The second kappa shape index (κ2) is 7.29. The van der Waals surface area contributed by atoms with E-state index in [0.29, 0.717) is 44.5 Å². The highest BCUT2D eigenvalue weighted by Crippen LogP contribution is 2.27. The topological polar surface area (TPSA) is 44.4 Å². The smallest absolute Gasteiger partial charge is 0.323 e. The van der Waals surface area contributed by atoms with Crippen molar-refractivity contribution in [2.45, 2.75) is 32.0 Å². The summed E-state index contributed by atoms with van der Waals surface area (Å²) in [6, 6.07) is 3.30. The van der Waals surface area contributed by atoms with Gasteiger partial charge < -0.3 is 10.6 Å². The van der Waals surface area contributed by atoms with Crippen LogP contribution in [0.25, 0.3) is 0 Å². The van der Waals surface area contributed by atoms with E-state index < -0.39 is 30.4 Å². The van der Waals surface area contributed by atoms with Crippen molar-refractivity contribution in [3.05, 3.63) is 29.1 Å². The lowest BCUT2D eigenvalue weighted by Gasteiger charge is -2.32. The summed E-state index contributed by atoms with van der Waals surface area (Å²) >= 11 is 0. The largest absolute Gasteiger partial charge is 0.401 e. The number of alkyl halides is 3. The van der Waals surface area contributed by atoms with E-state index in [-0.39, 0.29) is 12.2 Å². The van der Waals surface area contributed by atoms with E-state index in [9.17, 15) is 22.4 Å². The summed E-state index contributed by atoms with van der Waals surface area (Å²) < 4.78 is 52.2. The van der Waals surface area contributed by atoms with E-state index in [1.807, 2.05) is 0 Å². The molecule has 0 radical (unpaired) electrons. The highest BCUT2D eigenvalue weighted by atomic mass is 19.4. The molecule has 138 valence electrons. The number of amides is 1. The molecule has 2 N–H and O–H groups in total. The number of fused-ring (bicyclic) bond motifs is 1. The Morgan fingerprint density at radius 2 is 2.16 bits per heavy atom. The van der Waals surface area contributed by atoms with Crippen molar-refractivity contribution in [2.24, 2.45) is 5.92 Å². The van der Waals surface area contributed by atoms with E-state index in [0.717, 1.165) is 5.56 Å². The fourth-order valence-corrected chi connectivity index (χ4v) is 3.53. The Hall–Kier alpha value is -1.67. The molecule has 1 atom stereocenters. The van der Waals surface area contributed by atoms with E-state index in [2.05, 4.69) is 10.6 Å². The molecule has 1 fully saturated rings. The van der Waals surface area contributed by atoms with Gasteiger partial charge in [-0.15, -0.1) is 0 Å². The standard InChI is InChI=1S/C17H21F4N3O/c18-15-13-5-6-22-8-11(13)3-4-14(15)23-16(25)12-2-1-7-24(9-12)10-17(19,20)21/h3-4,12,22H,1-2,5-10H2,(H,23,25). The number of hydrogen-bond acceptors (Lipinski definition) is 3. The first-order chi connectivity index (χ1) is 11.8. The number of benzene rings is 1. The third kappa shape index (κ3) is 4.49. The van der Waals surface area contributed by atoms with Gasteiger partial charge in [-0.1, -0.05) is 6.07 Å². The van der Waals surface area contributed by atoms with Gasteiger partial charge in [0, 0.05) is 13.1 Å². The Morgan fingerprint density at radius 1 is 1.36 bits per heavy atom. The van der Waals surface area contributed by atoms with Crippen molar-refractivity contribution in [2.75, 3.05) is 31.5 Å². The number of carbonyl (C=O) groups excluding carboxylic acids is 1. The number of likely N-dealkylation sites (tertiary alicyclic amines) is 1. The SMILES string of the molecule is O=C(Nc1ccc2c(c1F)CCNC2)C1CCCN(CC(F)(F)F)C1. The van der Waals surface area contributed by atoms with Gasteiger partial charge in [-0.3, -0.25) is 9.69 Å². The zero-order valence-corrected chi connectivity index (χ0v) is 13.8. The minimum Gasteiger partial charge on any atom is -0.323 e. The Labute approximate surface area is 143 Å². The van der Waals surface area contributed by atoms with Crippen LogP contribution in [0.4, 0.5) is 23.2 Å². The molecular weight excluding hydrogens is 338 g/mol. The summed E-state index contributed by atoms with van der Waals surface area (Å²) in [4.78, 5) is 13.6. The number of anilines is 1. The highest BCUT2D eigenvalue weighted by Gasteiger charge is 2.34. The molecule has 0 bridgehead atoms. The van der Waals surface area contributed by atoms with Crippen LogP contribution in [0.2, 0.25) is 0 Å². The molecule has 2 heterocycles. The van der Waals surface area contributed by atoms with Gasteiger partial charge in [0.2, 0.25) is 5.91 Å². The lowest BCUT2D eigenvalue weighted by Crippen LogP contribution is -2.44. The maximum absolute atomic E-state index is 14.6. The molecule has 2 aliphatic heterocycles. The predicted octanol–water partition coefficient (Wildman–Crippen LogP) is 2.68. The number of nitrogens with zero attached hydrogens (tertiary/aromatic N) is 1. The van der Waals surface area contributed by atoms with Gasteiger partial charge in [-0.2, -0.15) is 13.2 Å². The molecule has 25 heavy (non-hydrogen) atoms. The van der Waals surface area contributed by atoms with Crippen molar-refractivity contribution >= 4 is 11.6 Å². The van der Waals surface area contributed by atoms with Crippen LogP contribution < -0.4 is 10.6 Å². The maximum Gasteiger partial charge on any atom is 0.401 e. The molecule has 1 aromatic carbocycles. The Balaban J connectivity index is 1.66. The van der Waals surface area contributed by atoms with Crippen molar-refractivity contribution in [1.29, 1.82) is 0 Å². The minimum absolute atomic E-state index is 0.0435. The molecule has 1 aromatic rings. The zero-order valence-electron chi connectivity index (χ0n) is 13.8. The lowest BCUT2D eigenvalue weighted by molar-refractivity contribution is -0.151. The van der Waals surface area contributed by atoms with Crippen molar-refractivity contribution in [3.63, 3.8) is 0 Å². The van der Waals surface area contributed by atoms with Crippen molar-refractivity contribution in [1.82, 2.24) is 10.2 Å². The van der Waals surface area contributed by atoms with Crippen LogP contribution in [0.5, 0.6) is 0 Å². The average Bonchev–Trinajstić information content (AvgIpc) is 2.56. The Bertz CT molecular complexity index is 648. The van der Waals surface area contributed by atoms with Gasteiger partial charge in [0.05, 0.1) is 18.2 Å². The van der Waals surface area contributed by atoms with Crippen molar-refractivity contribution in [3.8, 4) is 0 Å². The maximum atomic E-state index is 14.6. The number of nitrogens with one attached hydrogen (secondary N) is 2. The van der Waals surface area contributed by atoms with Crippen molar-refractivity contribution < 1.29 is 22.4 Å². The highest BCUT2D eigenvalue weighted by molar-refractivity contribution is 5.93. The molecule has 8 heteroatoms. The van der Waals surface area contributed by atoms with Crippen LogP contribution >= 0.6 is 0 Å². The monoisotopic (exact) mass is 359 g/mol. The third-order valence-corrected chi connectivity index (χ3v) is 4.74. The molecule has 4 nitrogen and oxygen atoms in total. The molecule has 3 rings (SSSR count). The summed E-state index contributed by atoms with van der Waals surface area (Å²) in [6.07, 6.45) is -2.70. The number of carbonyl (C=O) groups is 1. The Morgan fingerprint density at radius 3 is 2.92 bits per heavy atom. The zero-order chi connectivity index (χ0) is 18.0. The molecular formula is C17H21F4N3O. The lowest BCUT2D eigenvalue weighted by atomic mass is 9.96. The first kappa shape index (κ1) is 18.1.